The third-order valence-corrected chi connectivity index (χ3v) is 2.23. The number of halogens is 3. The topological polar surface area (TPSA) is 0 Å². The highest BCUT2D eigenvalue weighted by Gasteiger charge is 2.32. The molecule has 0 aliphatic rings. The summed E-state index contributed by atoms with van der Waals surface area (Å²) < 4.78 is 37.5. The first-order chi connectivity index (χ1) is 6.32. The Hall–Kier alpha value is -0.925. The Balaban J connectivity index is 0. The van der Waals surface area contributed by atoms with E-state index in [-0.39, 0.29) is 27.3 Å². The van der Waals surface area contributed by atoms with Gasteiger partial charge in [0, 0.05) is 8.41 Å². The summed E-state index contributed by atoms with van der Waals surface area (Å²) >= 11 is 0. The third kappa shape index (κ3) is 3.91. The fraction of sp³-hybridized carbons (Fsp3) is 0.500. The molecule has 0 unspecified atom stereocenters. The minimum absolute atomic E-state index is 0. The maximum Gasteiger partial charge on any atom is 0.416 e. The summed E-state index contributed by atoms with van der Waals surface area (Å²) in [6, 6.07) is 4.51. The molecule has 0 aliphatic carbocycles. The van der Waals surface area contributed by atoms with Gasteiger partial charge in [0.25, 0.3) is 0 Å². The van der Waals surface area contributed by atoms with E-state index < -0.39 is 11.7 Å². The van der Waals surface area contributed by atoms with Crippen LogP contribution in [0.15, 0.2) is 18.2 Å². The van der Waals surface area contributed by atoms with Crippen LogP contribution in [0.2, 0.25) is 0 Å². The van der Waals surface area contributed by atoms with Crippen LogP contribution < -0.4 is 0 Å². The minimum Gasteiger partial charge on any atom is -0.166 e. The molecule has 1 rings (SSSR count). The number of aryl methyl sites for hydroxylation is 1. The van der Waals surface area contributed by atoms with Crippen LogP contribution in [0.4, 0.5) is 13.2 Å². The Morgan fingerprint density at radius 3 is 2.00 bits per heavy atom. The van der Waals surface area contributed by atoms with Gasteiger partial charge in [0.05, 0.1) is 5.56 Å². The first-order valence-corrected chi connectivity index (χ1v) is 4.50. The van der Waals surface area contributed by atoms with E-state index in [0.717, 1.165) is 5.56 Å². The van der Waals surface area contributed by atoms with Crippen LogP contribution in [-0.2, 0) is 6.18 Å². The summed E-state index contributed by atoms with van der Waals surface area (Å²) in [4.78, 5) is 0. The van der Waals surface area contributed by atoms with E-state index in [1.54, 1.807) is 6.07 Å². The van der Waals surface area contributed by atoms with Gasteiger partial charge in [-0.15, -0.1) is 0 Å². The van der Waals surface area contributed by atoms with Crippen molar-refractivity contribution in [3.05, 3.63) is 34.9 Å². The summed E-state index contributed by atoms with van der Waals surface area (Å²) in [6.07, 6.45) is -4.24. The van der Waals surface area contributed by atoms with E-state index in [1.165, 1.54) is 19.1 Å². The molecule has 16 heavy (non-hydrogen) atoms. The first kappa shape index (κ1) is 17.5. The highest BCUT2D eigenvalue weighted by Crippen LogP contribution is 2.33. The average molecular weight is 229 g/mol. The van der Waals surface area contributed by atoms with E-state index in [2.05, 4.69) is 0 Å². The fourth-order valence-electron chi connectivity index (χ4n) is 1.30. The highest BCUT2D eigenvalue weighted by molar-refractivity contribution is 5.75. The van der Waals surface area contributed by atoms with Crippen LogP contribution >= 0.6 is 0 Å². The van der Waals surface area contributed by atoms with Gasteiger partial charge in [0.1, 0.15) is 0 Å². The Morgan fingerprint density at radius 1 is 1.12 bits per heavy atom. The van der Waals surface area contributed by atoms with Gasteiger partial charge in [-0.3, -0.25) is 0 Å². The number of hydrogen-bond donors (Lipinski definition) is 0. The lowest BCUT2D eigenvalue weighted by Gasteiger charge is -2.13. The van der Waals surface area contributed by atoms with Gasteiger partial charge >= 0.3 is 6.18 Å². The molecule has 0 heterocycles. The quantitative estimate of drug-likeness (QED) is 0.626. The number of benzene rings is 1. The molecule has 0 aromatic heterocycles. The van der Waals surface area contributed by atoms with E-state index in [9.17, 15) is 13.2 Å². The minimum atomic E-state index is -4.24. The Morgan fingerprint density at radius 2 is 1.62 bits per heavy atom. The lowest BCUT2D eigenvalue weighted by Crippen LogP contribution is -2.08. The number of rotatable bonds is 1. The van der Waals surface area contributed by atoms with Crippen molar-refractivity contribution < 1.29 is 13.2 Å². The molecule has 0 spiro atoms. The highest BCUT2D eigenvalue weighted by atomic mass is 19.4. The number of hydrogen-bond acceptors (Lipinski definition) is 0. The molecule has 89 valence electrons. The predicted molar refractivity (Wildman–Crippen MR) is 62.8 cm³/mol. The second-order valence-electron chi connectivity index (χ2n) is 3.73. The predicted octanol–water partition coefficient (Wildman–Crippen LogP) is 4.39. The zero-order valence-electron chi connectivity index (χ0n) is 9.02. The second kappa shape index (κ2) is 5.97. The zero-order chi connectivity index (χ0) is 10.9. The first-order valence-electron chi connectivity index (χ1n) is 4.50. The van der Waals surface area contributed by atoms with Gasteiger partial charge < -0.3 is 0 Å². The summed E-state index contributed by atoms with van der Waals surface area (Å²) in [7, 11) is 0. The molecule has 0 fully saturated rings. The van der Waals surface area contributed by atoms with Crippen molar-refractivity contribution in [2.75, 3.05) is 0 Å². The fourth-order valence-corrected chi connectivity index (χ4v) is 1.30. The molecule has 1 aromatic carbocycles. The van der Waals surface area contributed by atoms with E-state index in [4.69, 9.17) is 0 Å². The second-order valence-corrected chi connectivity index (χ2v) is 3.73. The van der Waals surface area contributed by atoms with E-state index in [0.29, 0.717) is 0 Å². The van der Waals surface area contributed by atoms with Crippen LogP contribution in [0, 0.1) is 6.92 Å². The smallest absolute Gasteiger partial charge is 0.166 e. The molecule has 0 saturated carbocycles. The van der Waals surface area contributed by atoms with E-state index >= 15 is 0 Å². The third-order valence-electron chi connectivity index (χ3n) is 2.23. The Bertz CT molecular complexity index is 330. The van der Waals surface area contributed by atoms with Crippen LogP contribution in [0.1, 0.15) is 43.9 Å². The molecule has 0 atom stereocenters. The van der Waals surface area contributed by atoms with Crippen molar-refractivity contribution in [2.45, 2.75) is 40.3 Å². The van der Waals surface area contributed by atoms with Gasteiger partial charge in [-0.25, -0.2) is 0 Å². The molecule has 0 nitrogen and oxygen atoms in total. The molecule has 0 bridgehead atoms. The zero-order valence-corrected chi connectivity index (χ0v) is 9.02. The van der Waals surface area contributed by atoms with Gasteiger partial charge in [-0.1, -0.05) is 33.4 Å². The summed E-state index contributed by atoms with van der Waals surface area (Å²) in [6.45, 7) is 5.24. The normalized spacial score (nSPS) is 10.7. The van der Waals surface area contributed by atoms with Crippen LogP contribution in [-0.4, -0.2) is 8.41 Å². The number of alkyl halides is 3. The molecule has 0 saturated heterocycles. The molecule has 1 aromatic rings. The molecule has 0 aliphatic heterocycles. The van der Waals surface area contributed by atoms with Crippen molar-refractivity contribution in [1.82, 2.24) is 0 Å². The lowest BCUT2D eigenvalue weighted by molar-refractivity contribution is -0.138. The van der Waals surface area contributed by atoms with Gasteiger partial charge in [0.15, 0.2) is 0 Å². The van der Waals surface area contributed by atoms with Crippen molar-refractivity contribution in [1.29, 1.82) is 0 Å². The van der Waals surface area contributed by atoms with Gasteiger partial charge in [0.2, 0.25) is 0 Å². The van der Waals surface area contributed by atoms with Gasteiger partial charge in [-0.05, 0) is 30.0 Å². The standard InChI is InChI=1S/C11H13F3.CH4.B/c1-7(2)9-5-4-8(3)10(6-9)11(12,13)14;;/h4-7H,1-3H3;1H4;. The molecule has 0 N–H and O–H groups in total. The molecular formula is C12H17BF3. The average Bonchev–Trinajstić information content (AvgIpc) is 2.02. The Labute approximate surface area is 97.4 Å². The maximum absolute atomic E-state index is 12.5. The van der Waals surface area contributed by atoms with Crippen molar-refractivity contribution in [3.63, 3.8) is 0 Å². The molecule has 3 radical (unpaired) electrons. The Kier molecular flexibility index (Phi) is 6.52. The van der Waals surface area contributed by atoms with Crippen molar-refractivity contribution in [2.24, 2.45) is 0 Å². The van der Waals surface area contributed by atoms with E-state index in [1.807, 2.05) is 13.8 Å². The molecule has 4 heteroatoms. The SMILES string of the molecule is C.Cc1ccc(C(C)C)cc1C(F)(F)F.[B]. The maximum atomic E-state index is 12.5. The molecule has 0 amide bonds. The van der Waals surface area contributed by atoms with Crippen molar-refractivity contribution in [3.8, 4) is 0 Å². The lowest BCUT2D eigenvalue weighted by atomic mass is 9.98. The molecular weight excluding hydrogens is 212 g/mol. The summed E-state index contributed by atoms with van der Waals surface area (Å²) in [5.74, 6) is 0.122. The summed E-state index contributed by atoms with van der Waals surface area (Å²) in [5.41, 5.74) is 0.480. The summed E-state index contributed by atoms with van der Waals surface area (Å²) in [5, 5.41) is 0. The monoisotopic (exact) mass is 229 g/mol. The largest absolute Gasteiger partial charge is 0.416 e. The van der Waals surface area contributed by atoms with Crippen LogP contribution in [0.5, 0.6) is 0 Å². The van der Waals surface area contributed by atoms with Crippen LogP contribution in [0.3, 0.4) is 0 Å². The van der Waals surface area contributed by atoms with Gasteiger partial charge in [-0.2, -0.15) is 13.2 Å². The van der Waals surface area contributed by atoms with Crippen LogP contribution in [0.25, 0.3) is 0 Å². The van der Waals surface area contributed by atoms with Crippen molar-refractivity contribution >= 4 is 8.41 Å².